The number of ether oxygens (including phenoxy) is 5. The molecule has 6 rings (SSSR count). The number of amides is 1. The van der Waals surface area contributed by atoms with Crippen LogP contribution >= 0.6 is 0 Å². The number of aliphatic hydroxyl groups is 1. The van der Waals surface area contributed by atoms with Gasteiger partial charge in [0.1, 0.15) is 23.9 Å². The van der Waals surface area contributed by atoms with E-state index in [-0.39, 0.29) is 42.6 Å². The first-order chi connectivity index (χ1) is 26.4. The van der Waals surface area contributed by atoms with Crippen LogP contribution in [0.4, 0.5) is 4.79 Å². The molecule has 1 aliphatic carbocycles. The van der Waals surface area contributed by atoms with Crippen molar-refractivity contribution in [3.8, 4) is 0 Å². The van der Waals surface area contributed by atoms with Gasteiger partial charge in [-0.2, -0.15) is 0 Å². The maximum Gasteiger partial charge on any atom is 0.408 e. The number of benzene rings is 1. The van der Waals surface area contributed by atoms with E-state index < -0.39 is 83.4 Å². The SMILES string of the molecule is CC[C@H]1OC(=O)[C@H](C)C(=O)[C@H](C)[C@@H](O[C@@H]2O[C@H](C)C[C@H](N(C)C)[C@H]2O)[C@@](C)(OCC2CC2c2cnc3ccccc3c2)C[C@@H](C)C(=O)[C@H](C)[C@H]2NC(=O)O[C@@]21C. The standard InChI is InChI=1S/C43H61N3O10/c1-11-33-43(8)37(45-41(51)56-43)24(4)34(47)22(2)19-42(7,52-21-29-18-30(29)28-17-27-14-12-13-15-31(27)44-20-28)38(25(5)35(48)26(6)39(50)54-33)55-40-36(49)32(46(9)10)16-23(3)53-40/h12-15,17,20,22-26,29-30,32-33,36-38,40,49H,11,16,18-19,21H2,1-10H3,(H,45,51)/t22-,23-,24+,25+,26-,29?,30?,32+,33-,36-,37-,38-,40+,42+,43-/m1/s1. The van der Waals surface area contributed by atoms with E-state index in [0.717, 1.165) is 22.9 Å². The highest BCUT2D eigenvalue weighted by Gasteiger charge is 2.57. The number of carbonyl (C=O) groups is 4. The Labute approximate surface area is 330 Å². The number of esters is 1. The van der Waals surface area contributed by atoms with Crippen LogP contribution in [0.25, 0.3) is 10.9 Å². The van der Waals surface area contributed by atoms with Crippen molar-refractivity contribution in [2.45, 2.75) is 141 Å². The molecule has 0 radical (unpaired) electrons. The molecule has 15 atom stereocenters. The second-order valence-corrected chi connectivity index (χ2v) is 17.6. The summed E-state index contributed by atoms with van der Waals surface area (Å²) in [5.41, 5.74) is -0.624. The van der Waals surface area contributed by atoms with Crippen LogP contribution in [-0.2, 0) is 38.1 Å². The third kappa shape index (κ3) is 8.25. The Morgan fingerprint density at radius 2 is 1.71 bits per heavy atom. The highest BCUT2D eigenvalue weighted by molar-refractivity contribution is 6.00. The maximum atomic E-state index is 14.5. The average Bonchev–Trinajstić information content (AvgIpc) is 3.88. The Morgan fingerprint density at radius 1 is 1.00 bits per heavy atom. The van der Waals surface area contributed by atoms with Gasteiger partial charge in [0.2, 0.25) is 0 Å². The van der Waals surface area contributed by atoms with Gasteiger partial charge in [-0.05, 0) is 97.0 Å². The van der Waals surface area contributed by atoms with Crippen LogP contribution < -0.4 is 5.32 Å². The minimum absolute atomic E-state index is 0.136. The molecule has 308 valence electrons. The summed E-state index contributed by atoms with van der Waals surface area (Å²) in [6.07, 6.45) is -1.40. The quantitative estimate of drug-likeness (QED) is 0.267. The summed E-state index contributed by atoms with van der Waals surface area (Å²) in [5, 5.41) is 15.5. The second kappa shape index (κ2) is 16.4. The van der Waals surface area contributed by atoms with Crippen molar-refractivity contribution in [1.29, 1.82) is 0 Å². The summed E-state index contributed by atoms with van der Waals surface area (Å²) in [4.78, 5) is 62.2. The zero-order valence-electron chi connectivity index (χ0n) is 34.5. The van der Waals surface area contributed by atoms with Crippen molar-refractivity contribution in [2.75, 3.05) is 20.7 Å². The van der Waals surface area contributed by atoms with Gasteiger partial charge in [0, 0.05) is 35.4 Å². The van der Waals surface area contributed by atoms with Gasteiger partial charge in [-0.1, -0.05) is 45.9 Å². The van der Waals surface area contributed by atoms with Crippen molar-refractivity contribution in [1.82, 2.24) is 15.2 Å². The number of aliphatic hydroxyl groups excluding tert-OH is 1. The molecule has 13 heteroatoms. The molecular formula is C43H61N3O10. The van der Waals surface area contributed by atoms with E-state index in [2.05, 4.69) is 16.4 Å². The number of hydrogen-bond acceptors (Lipinski definition) is 12. The van der Waals surface area contributed by atoms with Crippen LogP contribution in [0, 0.1) is 29.6 Å². The monoisotopic (exact) mass is 779 g/mol. The molecule has 0 bridgehead atoms. The molecule has 13 nitrogen and oxygen atoms in total. The third-order valence-electron chi connectivity index (χ3n) is 13.0. The Morgan fingerprint density at radius 3 is 2.41 bits per heavy atom. The van der Waals surface area contributed by atoms with Gasteiger partial charge in [0.15, 0.2) is 17.7 Å². The van der Waals surface area contributed by atoms with Crippen molar-refractivity contribution in [3.63, 3.8) is 0 Å². The van der Waals surface area contributed by atoms with Crippen LogP contribution in [0.2, 0.25) is 0 Å². The largest absolute Gasteiger partial charge is 0.458 e. The number of alkyl carbamates (subject to hydrolysis) is 1. The number of ketones is 2. The summed E-state index contributed by atoms with van der Waals surface area (Å²) in [6.45, 7) is 14.3. The number of para-hydroxylation sites is 1. The summed E-state index contributed by atoms with van der Waals surface area (Å²) in [5.74, 6) is -4.61. The predicted molar refractivity (Wildman–Crippen MR) is 208 cm³/mol. The molecule has 3 aliphatic heterocycles. The fraction of sp³-hybridized carbons (Fsp3) is 0.698. The first kappa shape index (κ1) is 42.1. The van der Waals surface area contributed by atoms with E-state index in [0.29, 0.717) is 13.0 Å². The number of carbonyl (C=O) groups excluding carboxylic acids is 4. The fourth-order valence-corrected chi connectivity index (χ4v) is 9.55. The fourth-order valence-electron chi connectivity index (χ4n) is 9.55. The van der Waals surface area contributed by atoms with Gasteiger partial charge in [-0.15, -0.1) is 0 Å². The Hall–Kier alpha value is -3.49. The minimum atomic E-state index is -1.37. The predicted octanol–water partition coefficient (Wildman–Crippen LogP) is 5.20. The van der Waals surface area contributed by atoms with E-state index in [1.54, 1.807) is 27.7 Å². The number of Topliss-reactive ketones (excluding diaryl/α,β-unsaturated/α-hetero) is 2. The van der Waals surface area contributed by atoms with Crippen LogP contribution in [0.1, 0.15) is 92.6 Å². The number of nitrogens with one attached hydrogen (secondary N) is 1. The second-order valence-electron chi connectivity index (χ2n) is 17.6. The van der Waals surface area contributed by atoms with Gasteiger partial charge in [0.05, 0.1) is 36.0 Å². The van der Waals surface area contributed by atoms with Crippen molar-refractivity contribution in [2.24, 2.45) is 29.6 Å². The van der Waals surface area contributed by atoms with E-state index in [9.17, 15) is 24.3 Å². The van der Waals surface area contributed by atoms with E-state index in [4.69, 9.17) is 23.7 Å². The summed E-state index contributed by atoms with van der Waals surface area (Å²) >= 11 is 0. The van der Waals surface area contributed by atoms with Gasteiger partial charge in [-0.25, -0.2) is 4.79 Å². The highest BCUT2D eigenvalue weighted by Crippen LogP contribution is 2.49. The molecule has 2 unspecified atom stereocenters. The number of cyclic esters (lactones) is 1. The molecule has 2 N–H and O–H groups in total. The molecule has 1 aromatic heterocycles. The molecule has 1 saturated carbocycles. The Kier molecular flexibility index (Phi) is 12.3. The molecule has 4 heterocycles. The van der Waals surface area contributed by atoms with E-state index in [1.165, 1.54) is 6.92 Å². The number of pyridine rings is 1. The number of hydrogen-bond donors (Lipinski definition) is 2. The average molecular weight is 780 g/mol. The van der Waals surface area contributed by atoms with Gasteiger partial charge in [-0.3, -0.25) is 19.4 Å². The maximum absolute atomic E-state index is 14.5. The van der Waals surface area contributed by atoms with E-state index in [1.807, 2.05) is 70.2 Å². The third-order valence-corrected chi connectivity index (χ3v) is 13.0. The molecule has 4 aliphatic rings. The minimum Gasteiger partial charge on any atom is -0.458 e. The number of aromatic nitrogens is 1. The molecule has 2 aromatic rings. The Bertz CT molecular complexity index is 1790. The summed E-state index contributed by atoms with van der Waals surface area (Å²) in [6, 6.07) is 9.05. The van der Waals surface area contributed by atoms with Crippen LogP contribution in [0.3, 0.4) is 0 Å². The Balaban J connectivity index is 1.37. The zero-order chi connectivity index (χ0) is 40.9. The normalized spacial score (nSPS) is 41.1. The molecule has 4 fully saturated rings. The van der Waals surface area contributed by atoms with E-state index >= 15 is 0 Å². The van der Waals surface area contributed by atoms with Gasteiger partial charge >= 0.3 is 12.1 Å². The lowest BCUT2D eigenvalue weighted by molar-refractivity contribution is -0.297. The zero-order valence-corrected chi connectivity index (χ0v) is 34.5. The van der Waals surface area contributed by atoms with Crippen molar-refractivity contribution < 1.29 is 48.0 Å². The van der Waals surface area contributed by atoms with Crippen LogP contribution in [0.5, 0.6) is 0 Å². The first-order valence-electron chi connectivity index (χ1n) is 20.3. The van der Waals surface area contributed by atoms with Gasteiger partial charge < -0.3 is 39.0 Å². The van der Waals surface area contributed by atoms with Crippen molar-refractivity contribution >= 4 is 34.5 Å². The topological polar surface area (TPSA) is 163 Å². The summed E-state index contributed by atoms with van der Waals surface area (Å²) in [7, 11) is 3.77. The van der Waals surface area contributed by atoms with Crippen LogP contribution in [0.15, 0.2) is 36.5 Å². The highest BCUT2D eigenvalue weighted by atomic mass is 16.7. The number of likely N-dealkylation sites (N-methyl/N-ethyl adjacent to an activating group) is 1. The lowest BCUT2D eigenvalue weighted by Crippen LogP contribution is -2.60. The van der Waals surface area contributed by atoms with Crippen molar-refractivity contribution in [3.05, 3.63) is 42.1 Å². The molecule has 1 amide bonds. The molecule has 0 spiro atoms. The number of rotatable bonds is 8. The first-order valence-corrected chi connectivity index (χ1v) is 20.3. The molecule has 56 heavy (non-hydrogen) atoms. The lowest BCUT2D eigenvalue weighted by Gasteiger charge is -2.47. The molecular weight excluding hydrogens is 718 g/mol. The lowest BCUT2D eigenvalue weighted by atomic mass is 9.73. The number of nitrogens with zero attached hydrogens (tertiary/aromatic N) is 2. The molecule has 1 aromatic carbocycles. The molecule has 3 saturated heterocycles. The van der Waals surface area contributed by atoms with Crippen LogP contribution in [-0.4, -0.2) is 113 Å². The summed E-state index contributed by atoms with van der Waals surface area (Å²) < 4.78 is 31.8. The van der Waals surface area contributed by atoms with Gasteiger partial charge in [0.25, 0.3) is 0 Å². The smallest absolute Gasteiger partial charge is 0.408 e. The number of fused-ring (bicyclic) bond motifs is 2.